The SMILES string of the molecule is CC(=O)CC(=O)CC(=O)CCl. The summed E-state index contributed by atoms with van der Waals surface area (Å²) in [6.07, 6.45) is -0.383. The van der Waals surface area contributed by atoms with Gasteiger partial charge in [0, 0.05) is 0 Å². The predicted molar refractivity (Wildman–Crippen MR) is 40.6 cm³/mol. The first-order chi connectivity index (χ1) is 5.06. The lowest BCUT2D eigenvalue weighted by Gasteiger charge is -1.93. The fourth-order valence-corrected chi connectivity index (χ4v) is 0.702. The molecule has 0 aromatic rings. The lowest BCUT2D eigenvalue weighted by Crippen LogP contribution is -2.11. The first-order valence-corrected chi connectivity index (χ1v) is 3.68. The molecule has 0 aromatic heterocycles. The van der Waals surface area contributed by atoms with Gasteiger partial charge in [-0.3, -0.25) is 14.4 Å². The summed E-state index contributed by atoms with van der Waals surface area (Å²) in [7, 11) is 0. The number of carbonyl (C=O) groups is 3. The largest absolute Gasteiger partial charge is 0.300 e. The molecule has 0 atom stereocenters. The summed E-state index contributed by atoms with van der Waals surface area (Å²) in [5, 5.41) is 0. The first kappa shape index (κ1) is 10.3. The third-order valence-electron chi connectivity index (χ3n) is 0.989. The van der Waals surface area contributed by atoms with E-state index in [0.717, 1.165) is 0 Å². The maximum atomic E-state index is 10.7. The minimum Gasteiger partial charge on any atom is -0.300 e. The van der Waals surface area contributed by atoms with Crippen LogP contribution in [0.15, 0.2) is 0 Å². The number of carbonyl (C=O) groups excluding carboxylic acids is 3. The molecule has 0 saturated heterocycles. The third kappa shape index (κ3) is 5.73. The molecule has 62 valence electrons. The number of alkyl halides is 1. The molecule has 0 aliphatic carbocycles. The van der Waals surface area contributed by atoms with Gasteiger partial charge in [0.25, 0.3) is 0 Å². The molecular formula is C7H9ClO3. The summed E-state index contributed by atoms with van der Waals surface area (Å²) < 4.78 is 0. The molecule has 0 aliphatic heterocycles. The van der Waals surface area contributed by atoms with Crippen LogP contribution in [0.3, 0.4) is 0 Å². The minimum absolute atomic E-state index is 0.163. The quantitative estimate of drug-likeness (QED) is 0.459. The number of halogens is 1. The van der Waals surface area contributed by atoms with E-state index in [0.29, 0.717) is 0 Å². The molecule has 0 heterocycles. The Morgan fingerprint density at radius 3 is 2.00 bits per heavy atom. The highest BCUT2D eigenvalue weighted by Crippen LogP contribution is 1.94. The maximum absolute atomic E-state index is 10.7. The van der Waals surface area contributed by atoms with E-state index in [4.69, 9.17) is 11.6 Å². The second-order valence-corrected chi connectivity index (χ2v) is 2.53. The minimum atomic E-state index is -0.358. The Labute approximate surface area is 69.7 Å². The Bertz CT molecular complexity index is 186. The van der Waals surface area contributed by atoms with Gasteiger partial charge in [0.2, 0.25) is 0 Å². The van der Waals surface area contributed by atoms with E-state index < -0.39 is 0 Å². The third-order valence-corrected chi connectivity index (χ3v) is 1.29. The Hall–Kier alpha value is -0.700. The summed E-state index contributed by atoms with van der Waals surface area (Å²) >= 11 is 5.15. The molecule has 0 saturated carbocycles. The van der Waals surface area contributed by atoms with Crippen molar-refractivity contribution in [2.75, 3.05) is 5.88 Å². The molecule has 0 aliphatic rings. The van der Waals surface area contributed by atoms with Gasteiger partial charge in [-0.2, -0.15) is 0 Å². The zero-order valence-electron chi connectivity index (χ0n) is 6.22. The zero-order valence-corrected chi connectivity index (χ0v) is 6.98. The molecule has 4 heteroatoms. The van der Waals surface area contributed by atoms with Gasteiger partial charge in [0.15, 0.2) is 5.78 Å². The smallest absolute Gasteiger partial charge is 0.154 e. The Morgan fingerprint density at radius 1 is 1.09 bits per heavy atom. The van der Waals surface area contributed by atoms with Crippen LogP contribution in [0.25, 0.3) is 0 Å². The van der Waals surface area contributed by atoms with E-state index in [1.54, 1.807) is 0 Å². The second-order valence-electron chi connectivity index (χ2n) is 2.27. The van der Waals surface area contributed by atoms with Gasteiger partial charge in [-0.1, -0.05) is 0 Å². The summed E-state index contributed by atoms with van der Waals surface area (Å²) in [5.41, 5.74) is 0. The molecule has 0 bridgehead atoms. The average Bonchev–Trinajstić information content (AvgIpc) is 1.85. The molecular weight excluding hydrogens is 168 g/mol. The number of ketones is 3. The van der Waals surface area contributed by atoms with Gasteiger partial charge < -0.3 is 0 Å². The molecule has 0 fully saturated rings. The van der Waals surface area contributed by atoms with Crippen LogP contribution < -0.4 is 0 Å². The normalized spacial score (nSPS) is 9.27. The lowest BCUT2D eigenvalue weighted by atomic mass is 10.1. The van der Waals surface area contributed by atoms with Crippen LogP contribution in [0.4, 0.5) is 0 Å². The van der Waals surface area contributed by atoms with Crippen molar-refractivity contribution in [3.05, 3.63) is 0 Å². The van der Waals surface area contributed by atoms with E-state index in [1.165, 1.54) is 6.92 Å². The summed E-state index contributed by atoms with van der Waals surface area (Å²) in [6.45, 7) is 1.31. The fourth-order valence-electron chi connectivity index (χ4n) is 0.607. The maximum Gasteiger partial charge on any atom is 0.154 e. The van der Waals surface area contributed by atoms with Crippen LogP contribution in [-0.2, 0) is 14.4 Å². The first-order valence-electron chi connectivity index (χ1n) is 3.15. The van der Waals surface area contributed by atoms with Crippen molar-refractivity contribution < 1.29 is 14.4 Å². The van der Waals surface area contributed by atoms with E-state index >= 15 is 0 Å². The average molecular weight is 177 g/mol. The highest BCUT2D eigenvalue weighted by Gasteiger charge is 2.09. The summed E-state index contributed by atoms with van der Waals surface area (Å²) in [5.74, 6) is -1.08. The van der Waals surface area contributed by atoms with Crippen LogP contribution >= 0.6 is 11.6 Å². The molecule has 0 aromatic carbocycles. The molecule has 0 spiro atoms. The molecule has 0 amide bonds. The van der Waals surface area contributed by atoms with Crippen LogP contribution in [0.1, 0.15) is 19.8 Å². The van der Waals surface area contributed by atoms with E-state index in [1.807, 2.05) is 0 Å². The topological polar surface area (TPSA) is 51.2 Å². The van der Waals surface area contributed by atoms with Gasteiger partial charge in [-0.15, -0.1) is 11.6 Å². The van der Waals surface area contributed by atoms with E-state index in [9.17, 15) is 14.4 Å². The molecule has 0 rings (SSSR count). The summed E-state index contributed by atoms with van der Waals surface area (Å²) in [6, 6.07) is 0. The van der Waals surface area contributed by atoms with Gasteiger partial charge >= 0.3 is 0 Å². The lowest BCUT2D eigenvalue weighted by molar-refractivity contribution is -0.128. The van der Waals surface area contributed by atoms with Gasteiger partial charge in [0.05, 0.1) is 18.7 Å². The molecule has 11 heavy (non-hydrogen) atoms. The highest BCUT2D eigenvalue weighted by atomic mass is 35.5. The Morgan fingerprint density at radius 2 is 1.64 bits per heavy atom. The molecule has 3 nitrogen and oxygen atoms in total. The van der Waals surface area contributed by atoms with Crippen LogP contribution in [0.2, 0.25) is 0 Å². The van der Waals surface area contributed by atoms with Gasteiger partial charge in [0.1, 0.15) is 11.6 Å². The van der Waals surface area contributed by atoms with Crippen molar-refractivity contribution in [2.45, 2.75) is 19.8 Å². The van der Waals surface area contributed by atoms with Gasteiger partial charge in [-0.05, 0) is 6.92 Å². The van der Waals surface area contributed by atoms with Crippen molar-refractivity contribution in [3.63, 3.8) is 0 Å². The zero-order chi connectivity index (χ0) is 8.85. The second kappa shape index (κ2) is 5.02. The fraction of sp³-hybridized carbons (Fsp3) is 0.571. The Kier molecular flexibility index (Phi) is 4.70. The predicted octanol–water partition coefficient (Wildman–Crippen LogP) is 0.733. The molecule has 0 N–H and O–H groups in total. The van der Waals surface area contributed by atoms with Crippen molar-refractivity contribution in [2.24, 2.45) is 0 Å². The van der Waals surface area contributed by atoms with Crippen LogP contribution in [0.5, 0.6) is 0 Å². The molecule has 0 radical (unpaired) electrons. The number of Topliss-reactive ketones (excluding diaryl/α,β-unsaturated/α-hetero) is 3. The molecule has 0 unspecified atom stereocenters. The van der Waals surface area contributed by atoms with Crippen LogP contribution in [0, 0.1) is 0 Å². The van der Waals surface area contributed by atoms with Crippen LogP contribution in [-0.4, -0.2) is 23.2 Å². The number of hydrogen-bond acceptors (Lipinski definition) is 3. The number of hydrogen-bond donors (Lipinski definition) is 0. The van der Waals surface area contributed by atoms with Crippen molar-refractivity contribution in [1.29, 1.82) is 0 Å². The number of rotatable bonds is 5. The Balaban J connectivity index is 3.70. The standard InChI is InChI=1S/C7H9ClO3/c1-5(9)2-6(10)3-7(11)4-8/h2-4H2,1H3. The van der Waals surface area contributed by atoms with Crippen molar-refractivity contribution in [3.8, 4) is 0 Å². The van der Waals surface area contributed by atoms with E-state index in [-0.39, 0.29) is 36.1 Å². The van der Waals surface area contributed by atoms with Gasteiger partial charge in [-0.25, -0.2) is 0 Å². The monoisotopic (exact) mass is 176 g/mol. The highest BCUT2D eigenvalue weighted by molar-refractivity contribution is 6.29. The van der Waals surface area contributed by atoms with E-state index in [2.05, 4.69) is 0 Å². The van der Waals surface area contributed by atoms with Crippen molar-refractivity contribution in [1.82, 2.24) is 0 Å². The summed E-state index contributed by atoms with van der Waals surface area (Å²) in [4.78, 5) is 31.6. The van der Waals surface area contributed by atoms with Crippen molar-refractivity contribution >= 4 is 29.0 Å².